The number of nitrogens with one attached hydrogen (secondary N) is 1. The Kier molecular flexibility index (Phi) is 3.99. The van der Waals surface area contributed by atoms with Crippen molar-refractivity contribution in [3.63, 3.8) is 0 Å². The standard InChI is InChI=1S/C18H11Cl2N3O2S/c1-7(24)16-13(12-9(19)3-2-4-11(12)26-16)18-22-10-6-5-8(17(21)25)14(20)15(10)23-18/h2-6H,1H3,(H2,21,25)(H,22,23). The van der Waals surface area contributed by atoms with Crippen LogP contribution in [-0.4, -0.2) is 21.7 Å². The number of amides is 1. The molecule has 0 aliphatic heterocycles. The van der Waals surface area contributed by atoms with Crippen molar-refractivity contribution in [2.24, 2.45) is 5.73 Å². The third-order valence-electron chi connectivity index (χ3n) is 4.08. The van der Waals surface area contributed by atoms with E-state index < -0.39 is 5.91 Å². The molecule has 0 bridgehead atoms. The first-order chi connectivity index (χ1) is 12.4. The zero-order chi connectivity index (χ0) is 18.6. The summed E-state index contributed by atoms with van der Waals surface area (Å²) in [6.45, 7) is 1.50. The van der Waals surface area contributed by atoms with E-state index in [0.717, 1.165) is 10.1 Å². The minimum atomic E-state index is -0.630. The predicted octanol–water partition coefficient (Wildman–Crippen LogP) is 5.05. The highest BCUT2D eigenvalue weighted by Crippen LogP contribution is 2.42. The van der Waals surface area contributed by atoms with Gasteiger partial charge in [0.1, 0.15) is 11.3 Å². The number of hydrogen-bond acceptors (Lipinski definition) is 4. The lowest BCUT2D eigenvalue weighted by atomic mass is 10.1. The number of halogens is 2. The maximum absolute atomic E-state index is 12.2. The second-order valence-corrected chi connectivity index (χ2v) is 7.59. The number of rotatable bonds is 3. The number of thiophene rings is 1. The van der Waals surface area contributed by atoms with Gasteiger partial charge in [-0.15, -0.1) is 11.3 Å². The van der Waals surface area contributed by atoms with Crippen molar-refractivity contribution in [2.75, 3.05) is 0 Å². The van der Waals surface area contributed by atoms with Crippen LogP contribution in [0, 0.1) is 0 Å². The smallest absolute Gasteiger partial charge is 0.250 e. The van der Waals surface area contributed by atoms with Gasteiger partial charge in [0.25, 0.3) is 0 Å². The first kappa shape index (κ1) is 17.0. The fourth-order valence-electron chi connectivity index (χ4n) is 2.93. The van der Waals surface area contributed by atoms with Crippen LogP contribution in [0.15, 0.2) is 30.3 Å². The molecule has 8 heteroatoms. The number of fused-ring (bicyclic) bond motifs is 2. The normalized spacial score (nSPS) is 11.3. The molecule has 0 aliphatic rings. The molecule has 0 spiro atoms. The minimum absolute atomic E-state index is 0.0818. The number of ketones is 1. The van der Waals surface area contributed by atoms with Crippen molar-refractivity contribution in [2.45, 2.75) is 6.92 Å². The molecule has 0 atom stereocenters. The van der Waals surface area contributed by atoms with Gasteiger partial charge in [-0.25, -0.2) is 4.98 Å². The van der Waals surface area contributed by atoms with E-state index in [2.05, 4.69) is 9.97 Å². The van der Waals surface area contributed by atoms with Gasteiger partial charge >= 0.3 is 0 Å². The SMILES string of the molecule is CC(=O)c1sc2cccc(Cl)c2c1-c1nc2c(Cl)c(C(N)=O)ccc2[nH]1. The number of benzene rings is 2. The molecule has 1 amide bonds. The number of nitrogens with two attached hydrogens (primary N) is 1. The number of imidazole rings is 1. The van der Waals surface area contributed by atoms with Crippen molar-refractivity contribution < 1.29 is 9.59 Å². The summed E-state index contributed by atoms with van der Waals surface area (Å²) in [6.07, 6.45) is 0. The Morgan fingerprint density at radius 2 is 1.96 bits per heavy atom. The third kappa shape index (κ3) is 2.49. The van der Waals surface area contributed by atoms with Gasteiger partial charge in [-0.2, -0.15) is 0 Å². The number of carbonyl (C=O) groups excluding carboxylic acids is 2. The maximum Gasteiger partial charge on any atom is 0.250 e. The van der Waals surface area contributed by atoms with Crippen LogP contribution >= 0.6 is 34.5 Å². The first-order valence-corrected chi connectivity index (χ1v) is 9.16. The van der Waals surface area contributed by atoms with Crippen molar-refractivity contribution in [1.82, 2.24) is 9.97 Å². The molecule has 4 rings (SSSR count). The van der Waals surface area contributed by atoms with Gasteiger partial charge in [-0.1, -0.05) is 29.3 Å². The number of primary amides is 1. The van der Waals surface area contributed by atoms with Gasteiger partial charge in [0, 0.05) is 15.6 Å². The Bertz CT molecular complexity index is 1230. The monoisotopic (exact) mass is 403 g/mol. The summed E-state index contributed by atoms with van der Waals surface area (Å²) in [5, 5.41) is 1.47. The Morgan fingerprint density at radius 3 is 2.65 bits per heavy atom. The van der Waals surface area contributed by atoms with Crippen LogP contribution < -0.4 is 5.73 Å². The fourth-order valence-corrected chi connectivity index (χ4v) is 4.68. The summed E-state index contributed by atoms with van der Waals surface area (Å²) >= 11 is 14.0. The summed E-state index contributed by atoms with van der Waals surface area (Å²) in [7, 11) is 0. The quantitative estimate of drug-likeness (QED) is 0.468. The number of H-pyrrole nitrogens is 1. The average Bonchev–Trinajstić information content (AvgIpc) is 3.16. The second kappa shape index (κ2) is 6.09. The molecule has 4 aromatic rings. The number of aromatic amines is 1. The molecular weight excluding hydrogens is 393 g/mol. The van der Waals surface area contributed by atoms with Crippen LogP contribution in [0.25, 0.3) is 32.5 Å². The summed E-state index contributed by atoms with van der Waals surface area (Å²) in [5.74, 6) is -0.246. The van der Waals surface area contributed by atoms with Crippen LogP contribution in [0.1, 0.15) is 27.0 Å². The fraction of sp³-hybridized carbons (Fsp3) is 0.0556. The zero-order valence-corrected chi connectivity index (χ0v) is 15.7. The van der Waals surface area contributed by atoms with E-state index in [9.17, 15) is 9.59 Å². The molecule has 0 aliphatic carbocycles. The van der Waals surface area contributed by atoms with E-state index >= 15 is 0 Å². The molecule has 0 fully saturated rings. The molecule has 5 nitrogen and oxygen atoms in total. The molecule has 0 unspecified atom stereocenters. The molecular formula is C18H11Cl2N3O2S. The van der Waals surface area contributed by atoms with Crippen LogP contribution in [0.5, 0.6) is 0 Å². The zero-order valence-electron chi connectivity index (χ0n) is 13.4. The van der Waals surface area contributed by atoms with E-state index in [4.69, 9.17) is 28.9 Å². The molecule has 2 aromatic heterocycles. The molecule has 2 heterocycles. The van der Waals surface area contributed by atoms with Gasteiger partial charge in [0.15, 0.2) is 5.78 Å². The van der Waals surface area contributed by atoms with E-state index in [0.29, 0.717) is 32.3 Å². The van der Waals surface area contributed by atoms with Crippen LogP contribution in [0.2, 0.25) is 10.0 Å². The Morgan fingerprint density at radius 1 is 1.19 bits per heavy atom. The summed E-state index contributed by atoms with van der Waals surface area (Å²) in [4.78, 5) is 31.9. The lowest BCUT2D eigenvalue weighted by Gasteiger charge is -2.00. The molecule has 0 saturated carbocycles. The van der Waals surface area contributed by atoms with E-state index in [-0.39, 0.29) is 16.4 Å². The Balaban J connectivity index is 2.07. The highest BCUT2D eigenvalue weighted by molar-refractivity contribution is 7.21. The molecule has 26 heavy (non-hydrogen) atoms. The van der Waals surface area contributed by atoms with Crippen molar-refractivity contribution >= 4 is 67.3 Å². The lowest BCUT2D eigenvalue weighted by Crippen LogP contribution is -2.11. The van der Waals surface area contributed by atoms with Crippen LogP contribution in [0.4, 0.5) is 0 Å². The summed E-state index contributed by atoms with van der Waals surface area (Å²) < 4.78 is 0.891. The van der Waals surface area contributed by atoms with Gasteiger partial charge in [-0.3, -0.25) is 9.59 Å². The van der Waals surface area contributed by atoms with Gasteiger partial charge < -0.3 is 10.7 Å². The van der Waals surface area contributed by atoms with E-state index in [1.165, 1.54) is 18.3 Å². The topological polar surface area (TPSA) is 88.8 Å². The minimum Gasteiger partial charge on any atom is -0.366 e. The molecule has 3 N–H and O–H groups in total. The largest absolute Gasteiger partial charge is 0.366 e. The number of Topliss-reactive ketones (excluding diaryl/α,β-unsaturated/α-hetero) is 1. The van der Waals surface area contributed by atoms with E-state index in [1.54, 1.807) is 18.2 Å². The Labute approximate surface area is 161 Å². The number of carbonyl (C=O) groups is 2. The van der Waals surface area contributed by atoms with Gasteiger partial charge in [0.05, 0.1) is 26.0 Å². The van der Waals surface area contributed by atoms with E-state index in [1.807, 2.05) is 12.1 Å². The van der Waals surface area contributed by atoms with Gasteiger partial charge in [-0.05, 0) is 31.2 Å². The molecule has 0 radical (unpaired) electrons. The average molecular weight is 404 g/mol. The molecule has 2 aromatic carbocycles. The lowest BCUT2D eigenvalue weighted by molar-refractivity contribution is 0.0997. The van der Waals surface area contributed by atoms with Crippen LogP contribution in [-0.2, 0) is 0 Å². The summed E-state index contributed by atoms with van der Waals surface area (Å²) in [6, 6.07) is 8.73. The van der Waals surface area contributed by atoms with Crippen molar-refractivity contribution in [3.8, 4) is 11.4 Å². The van der Waals surface area contributed by atoms with Crippen LogP contribution in [0.3, 0.4) is 0 Å². The number of aromatic nitrogens is 2. The second-order valence-electron chi connectivity index (χ2n) is 5.75. The predicted molar refractivity (Wildman–Crippen MR) is 105 cm³/mol. The number of nitrogens with zero attached hydrogens (tertiary/aromatic N) is 1. The summed E-state index contributed by atoms with van der Waals surface area (Å²) in [5.41, 5.74) is 7.22. The third-order valence-corrected chi connectivity index (χ3v) is 6.03. The highest BCUT2D eigenvalue weighted by Gasteiger charge is 2.23. The maximum atomic E-state index is 12.2. The van der Waals surface area contributed by atoms with Gasteiger partial charge in [0.2, 0.25) is 5.91 Å². The van der Waals surface area contributed by atoms with Crippen molar-refractivity contribution in [1.29, 1.82) is 0 Å². The van der Waals surface area contributed by atoms with Crippen molar-refractivity contribution in [3.05, 3.63) is 50.8 Å². The molecule has 0 saturated heterocycles. The first-order valence-electron chi connectivity index (χ1n) is 7.59. The highest BCUT2D eigenvalue weighted by atomic mass is 35.5. The molecule has 130 valence electrons. The Hall–Kier alpha value is -2.41. The number of hydrogen-bond donors (Lipinski definition) is 2.